The quantitative estimate of drug-likeness (QED) is 0.395. The third-order valence-corrected chi connectivity index (χ3v) is 4.33. The highest BCUT2D eigenvalue weighted by Gasteiger charge is 2.39. The molecule has 0 atom stereocenters. The molecule has 3 rings (SSSR count). The average molecular weight is 404 g/mol. The van der Waals surface area contributed by atoms with Crippen LogP contribution in [0.5, 0.6) is 5.75 Å². The van der Waals surface area contributed by atoms with Crippen molar-refractivity contribution in [3.63, 3.8) is 0 Å². The van der Waals surface area contributed by atoms with Gasteiger partial charge in [0, 0.05) is 0 Å². The first-order chi connectivity index (χ1) is 14.5. The van der Waals surface area contributed by atoms with Gasteiger partial charge in [0.05, 0.1) is 6.21 Å². The molecule has 0 aliphatic rings. The lowest BCUT2D eigenvalue weighted by molar-refractivity contribution is -0.139. The number of hydrogen-bond donors (Lipinski definition) is 3. The molecule has 0 spiro atoms. The zero-order chi connectivity index (χ0) is 21.4. The number of carboxylic acids is 1. The van der Waals surface area contributed by atoms with Gasteiger partial charge in [-0.2, -0.15) is 5.10 Å². The van der Waals surface area contributed by atoms with Gasteiger partial charge in [-0.05, 0) is 41.0 Å². The molecule has 7 nitrogen and oxygen atoms in total. The van der Waals surface area contributed by atoms with E-state index in [0.717, 1.165) is 0 Å². The van der Waals surface area contributed by atoms with Gasteiger partial charge in [-0.3, -0.25) is 4.79 Å². The van der Waals surface area contributed by atoms with Crippen LogP contribution in [0.3, 0.4) is 0 Å². The Labute approximate surface area is 173 Å². The van der Waals surface area contributed by atoms with Crippen molar-refractivity contribution >= 4 is 18.1 Å². The summed E-state index contributed by atoms with van der Waals surface area (Å²) in [7, 11) is 0. The molecule has 0 unspecified atom stereocenters. The maximum atomic E-state index is 12.9. The van der Waals surface area contributed by atoms with Crippen LogP contribution in [0.4, 0.5) is 0 Å². The van der Waals surface area contributed by atoms with Gasteiger partial charge in [-0.25, -0.2) is 10.2 Å². The molecule has 152 valence electrons. The van der Waals surface area contributed by atoms with E-state index in [0.29, 0.717) is 22.4 Å². The summed E-state index contributed by atoms with van der Waals surface area (Å²) in [5.74, 6) is -1.36. The molecule has 0 saturated heterocycles. The van der Waals surface area contributed by atoms with E-state index in [1.165, 1.54) is 6.21 Å². The van der Waals surface area contributed by atoms with Gasteiger partial charge in [-0.15, -0.1) is 0 Å². The molecule has 0 fully saturated rings. The number of carboxylic acid groups (broad SMARTS) is 1. The van der Waals surface area contributed by atoms with E-state index >= 15 is 0 Å². The second-order valence-electron chi connectivity index (χ2n) is 6.39. The number of aliphatic carboxylic acids is 1. The fourth-order valence-corrected chi connectivity index (χ4v) is 2.83. The fraction of sp³-hybridized carbons (Fsp3) is 0.0870. The predicted octanol–water partition coefficient (Wildman–Crippen LogP) is 2.54. The number of nitrogens with zero attached hydrogens (tertiary/aromatic N) is 1. The molecule has 0 bridgehead atoms. The Morgan fingerprint density at radius 3 is 1.93 bits per heavy atom. The van der Waals surface area contributed by atoms with E-state index in [2.05, 4.69) is 10.5 Å². The first-order valence-corrected chi connectivity index (χ1v) is 9.12. The average Bonchev–Trinajstić information content (AvgIpc) is 2.79. The second kappa shape index (κ2) is 9.49. The van der Waals surface area contributed by atoms with E-state index in [-0.39, 0.29) is 0 Å². The van der Waals surface area contributed by atoms with Gasteiger partial charge in [0.2, 0.25) is 0 Å². The maximum absolute atomic E-state index is 12.9. The maximum Gasteiger partial charge on any atom is 0.341 e. The molecule has 0 aliphatic carbocycles. The van der Waals surface area contributed by atoms with Crippen LogP contribution in [0.2, 0.25) is 0 Å². The van der Waals surface area contributed by atoms with Crippen LogP contribution in [0.15, 0.2) is 90.0 Å². The summed E-state index contributed by atoms with van der Waals surface area (Å²) < 4.78 is 5.06. The summed E-state index contributed by atoms with van der Waals surface area (Å²) in [5.41, 5.74) is 1.98. The van der Waals surface area contributed by atoms with E-state index in [9.17, 15) is 14.7 Å². The topological polar surface area (TPSA) is 108 Å². The number of carbonyl (C=O) groups excluding carboxylic acids is 1. The van der Waals surface area contributed by atoms with Crippen molar-refractivity contribution in [1.82, 2.24) is 5.43 Å². The highest BCUT2D eigenvalue weighted by Crippen LogP contribution is 2.29. The third-order valence-electron chi connectivity index (χ3n) is 4.33. The number of amides is 1. The van der Waals surface area contributed by atoms with Gasteiger partial charge in [0.15, 0.2) is 12.2 Å². The zero-order valence-corrected chi connectivity index (χ0v) is 15.9. The molecule has 7 heteroatoms. The summed E-state index contributed by atoms with van der Waals surface area (Å²) >= 11 is 0. The minimum absolute atomic E-state index is 0.404. The van der Waals surface area contributed by atoms with Crippen molar-refractivity contribution in [3.05, 3.63) is 102 Å². The number of aliphatic hydroxyl groups is 1. The fourth-order valence-electron chi connectivity index (χ4n) is 2.83. The molecule has 30 heavy (non-hydrogen) atoms. The van der Waals surface area contributed by atoms with Gasteiger partial charge in [0.1, 0.15) is 5.75 Å². The number of rotatable bonds is 8. The summed E-state index contributed by atoms with van der Waals surface area (Å²) in [6.07, 6.45) is 1.41. The Kier molecular flexibility index (Phi) is 6.56. The number of carbonyl (C=O) groups is 2. The second-order valence-corrected chi connectivity index (χ2v) is 6.39. The minimum atomic E-state index is -1.91. The van der Waals surface area contributed by atoms with Crippen LogP contribution in [-0.2, 0) is 15.2 Å². The van der Waals surface area contributed by atoms with E-state index in [1.807, 2.05) is 0 Å². The van der Waals surface area contributed by atoms with Crippen molar-refractivity contribution in [2.24, 2.45) is 5.10 Å². The lowest BCUT2D eigenvalue weighted by Gasteiger charge is -2.27. The smallest absolute Gasteiger partial charge is 0.341 e. The summed E-state index contributed by atoms with van der Waals surface area (Å²) in [6, 6.07) is 23.8. The number of ether oxygens (including phenoxy) is 1. The molecular weight excluding hydrogens is 384 g/mol. The number of hydrazone groups is 1. The van der Waals surface area contributed by atoms with Crippen molar-refractivity contribution < 1.29 is 24.5 Å². The molecule has 0 heterocycles. The van der Waals surface area contributed by atoms with E-state index in [4.69, 9.17) is 9.84 Å². The summed E-state index contributed by atoms with van der Waals surface area (Å²) in [6.45, 7) is -0.430. The Bertz CT molecular complexity index is 979. The standard InChI is InChI=1S/C23H20N2O5/c26-21(27)16-30-20-13-11-17(12-14-20)15-24-25-22(28)23(29,18-7-3-1-4-8-18)19-9-5-2-6-10-19/h1-15,29H,16H2,(H,25,28)(H,26,27)/b24-15-. The normalized spacial score (nSPS) is 11.2. The largest absolute Gasteiger partial charge is 0.482 e. The highest BCUT2D eigenvalue weighted by atomic mass is 16.5. The lowest BCUT2D eigenvalue weighted by Crippen LogP contribution is -2.43. The molecule has 3 N–H and O–H groups in total. The van der Waals surface area contributed by atoms with Crippen LogP contribution in [0, 0.1) is 0 Å². The van der Waals surface area contributed by atoms with Crippen molar-refractivity contribution in [3.8, 4) is 5.75 Å². The van der Waals surface area contributed by atoms with Crippen molar-refractivity contribution in [1.29, 1.82) is 0 Å². The number of benzene rings is 3. The van der Waals surface area contributed by atoms with Gasteiger partial charge < -0.3 is 14.9 Å². The number of nitrogens with one attached hydrogen (secondary N) is 1. The van der Waals surface area contributed by atoms with E-state index in [1.54, 1.807) is 84.9 Å². The van der Waals surface area contributed by atoms with Crippen molar-refractivity contribution in [2.75, 3.05) is 6.61 Å². The molecule has 3 aromatic rings. The van der Waals surface area contributed by atoms with Crippen LogP contribution < -0.4 is 10.2 Å². The highest BCUT2D eigenvalue weighted by molar-refractivity contribution is 5.91. The van der Waals surface area contributed by atoms with Gasteiger partial charge in [-0.1, -0.05) is 60.7 Å². The molecule has 3 aromatic carbocycles. The Morgan fingerprint density at radius 1 is 0.900 bits per heavy atom. The van der Waals surface area contributed by atoms with Gasteiger partial charge >= 0.3 is 5.97 Å². The molecule has 0 aromatic heterocycles. The Morgan fingerprint density at radius 2 is 1.43 bits per heavy atom. The monoisotopic (exact) mass is 404 g/mol. The summed E-state index contributed by atoms with van der Waals surface area (Å²) in [5, 5.41) is 23.9. The molecule has 0 saturated carbocycles. The number of hydrogen-bond acceptors (Lipinski definition) is 5. The zero-order valence-electron chi connectivity index (χ0n) is 15.9. The Balaban J connectivity index is 1.74. The lowest BCUT2D eigenvalue weighted by atomic mass is 9.85. The van der Waals surface area contributed by atoms with E-state index < -0.39 is 24.1 Å². The van der Waals surface area contributed by atoms with Crippen LogP contribution in [-0.4, -0.2) is 34.9 Å². The van der Waals surface area contributed by atoms with Crippen LogP contribution in [0.1, 0.15) is 16.7 Å². The third kappa shape index (κ3) is 4.89. The predicted molar refractivity (Wildman–Crippen MR) is 111 cm³/mol. The molecular formula is C23H20N2O5. The first-order valence-electron chi connectivity index (χ1n) is 9.12. The van der Waals surface area contributed by atoms with Crippen LogP contribution >= 0.6 is 0 Å². The molecule has 0 radical (unpaired) electrons. The van der Waals surface area contributed by atoms with Crippen molar-refractivity contribution in [2.45, 2.75) is 5.60 Å². The Hall–Kier alpha value is -3.97. The van der Waals surface area contributed by atoms with Gasteiger partial charge in [0.25, 0.3) is 5.91 Å². The SMILES string of the molecule is O=C(O)COc1ccc(/C=N\NC(=O)C(O)(c2ccccc2)c2ccccc2)cc1. The first kappa shape index (κ1) is 20.8. The summed E-state index contributed by atoms with van der Waals surface area (Å²) in [4.78, 5) is 23.4. The molecule has 1 amide bonds. The minimum Gasteiger partial charge on any atom is -0.482 e. The van der Waals surface area contributed by atoms with Crippen LogP contribution in [0.25, 0.3) is 0 Å². The molecule has 0 aliphatic heterocycles.